The molecule has 3 nitrogen and oxygen atoms in total. The molecule has 21 heavy (non-hydrogen) atoms. The number of nitrogens with zero attached hydrogens (tertiary/aromatic N) is 1. The van der Waals surface area contributed by atoms with Gasteiger partial charge in [0.1, 0.15) is 0 Å². The number of H-pyrrole nitrogens is 1. The van der Waals surface area contributed by atoms with E-state index in [4.69, 9.17) is 0 Å². The van der Waals surface area contributed by atoms with E-state index in [1.165, 1.54) is 4.88 Å². The van der Waals surface area contributed by atoms with Crippen LogP contribution in [0.25, 0.3) is 10.6 Å². The van der Waals surface area contributed by atoms with Gasteiger partial charge >= 0.3 is 0 Å². The molecular formula is C14H10Br3N3S. The van der Waals surface area contributed by atoms with Gasteiger partial charge in [0.15, 0.2) is 0 Å². The third kappa shape index (κ3) is 3.41. The number of aromatic amines is 1. The molecule has 0 amide bonds. The van der Waals surface area contributed by atoms with Crippen LogP contribution in [0.1, 0.15) is 5.56 Å². The molecule has 0 aliphatic carbocycles. The van der Waals surface area contributed by atoms with E-state index >= 15 is 0 Å². The zero-order valence-electron chi connectivity index (χ0n) is 10.7. The molecule has 108 valence electrons. The number of halogens is 3. The summed E-state index contributed by atoms with van der Waals surface area (Å²) < 4.78 is 3.03. The molecule has 0 fully saturated rings. The van der Waals surface area contributed by atoms with Gasteiger partial charge in [0, 0.05) is 25.5 Å². The smallest absolute Gasteiger partial charge is 0.0799 e. The summed E-state index contributed by atoms with van der Waals surface area (Å²) in [6, 6.07) is 8.17. The van der Waals surface area contributed by atoms with Crippen molar-refractivity contribution in [1.82, 2.24) is 10.2 Å². The molecule has 0 aliphatic rings. The van der Waals surface area contributed by atoms with Crippen molar-refractivity contribution in [3.63, 3.8) is 0 Å². The van der Waals surface area contributed by atoms with Crippen molar-refractivity contribution in [3.8, 4) is 10.6 Å². The van der Waals surface area contributed by atoms with Gasteiger partial charge in [-0.3, -0.25) is 5.10 Å². The summed E-state index contributed by atoms with van der Waals surface area (Å²) in [6.45, 7) is 0.697. The van der Waals surface area contributed by atoms with E-state index in [1.54, 1.807) is 11.3 Å². The highest BCUT2D eigenvalue weighted by atomic mass is 79.9. The van der Waals surface area contributed by atoms with E-state index in [0.29, 0.717) is 6.54 Å². The number of thiophene rings is 1. The van der Waals surface area contributed by atoms with Crippen molar-refractivity contribution < 1.29 is 0 Å². The summed E-state index contributed by atoms with van der Waals surface area (Å²) in [4.78, 5) is 1.19. The fraction of sp³-hybridized carbons (Fsp3) is 0.0714. The number of aromatic nitrogens is 2. The van der Waals surface area contributed by atoms with Crippen molar-refractivity contribution in [3.05, 3.63) is 54.8 Å². The van der Waals surface area contributed by atoms with Crippen LogP contribution in [-0.4, -0.2) is 10.2 Å². The van der Waals surface area contributed by atoms with E-state index in [2.05, 4.69) is 74.8 Å². The summed E-state index contributed by atoms with van der Waals surface area (Å²) in [5.74, 6) is 0. The van der Waals surface area contributed by atoms with Crippen LogP contribution in [0.4, 0.5) is 5.69 Å². The van der Waals surface area contributed by atoms with Gasteiger partial charge in [-0.05, 0) is 55.4 Å². The number of hydrogen-bond donors (Lipinski definition) is 2. The minimum absolute atomic E-state index is 0.697. The highest BCUT2D eigenvalue weighted by molar-refractivity contribution is 9.11. The monoisotopic (exact) mass is 489 g/mol. The maximum Gasteiger partial charge on any atom is 0.0799 e. The van der Waals surface area contributed by atoms with Crippen LogP contribution < -0.4 is 5.32 Å². The predicted molar refractivity (Wildman–Crippen MR) is 98.8 cm³/mol. The van der Waals surface area contributed by atoms with Gasteiger partial charge < -0.3 is 5.32 Å². The summed E-state index contributed by atoms with van der Waals surface area (Å²) in [6.07, 6.45) is 1.86. The van der Waals surface area contributed by atoms with Crippen molar-refractivity contribution in [2.24, 2.45) is 0 Å². The van der Waals surface area contributed by atoms with Crippen molar-refractivity contribution >= 4 is 64.8 Å². The molecule has 0 saturated heterocycles. The van der Waals surface area contributed by atoms with Gasteiger partial charge in [0.25, 0.3) is 0 Å². The number of benzene rings is 1. The lowest BCUT2D eigenvalue weighted by Crippen LogP contribution is -2.01. The minimum Gasteiger partial charge on any atom is -0.379 e. The average Bonchev–Trinajstić information content (AvgIpc) is 3.07. The standard InChI is InChI=1S/C14H10Br3N3S/c15-9-4-10(16)14(11(17)5-9)18-6-8-7-19-20-13(8)12-2-1-3-21-12/h1-5,7,18H,6H2,(H,19,20). The van der Waals surface area contributed by atoms with Crippen LogP contribution in [0.2, 0.25) is 0 Å². The van der Waals surface area contributed by atoms with Crippen LogP contribution in [0.3, 0.4) is 0 Å². The van der Waals surface area contributed by atoms with Gasteiger partial charge in [-0.1, -0.05) is 22.0 Å². The Morgan fingerprint density at radius 1 is 1.19 bits per heavy atom. The Kier molecular flexibility index (Phi) is 4.83. The third-order valence-corrected chi connectivity index (χ3v) is 5.54. The van der Waals surface area contributed by atoms with Crippen LogP contribution >= 0.6 is 59.1 Å². The molecule has 0 aliphatic heterocycles. The first-order valence-electron chi connectivity index (χ1n) is 6.09. The molecule has 0 spiro atoms. The molecule has 1 aromatic carbocycles. The first-order chi connectivity index (χ1) is 10.1. The predicted octanol–water partition coefficient (Wildman–Crippen LogP) is 6.04. The van der Waals surface area contributed by atoms with E-state index in [9.17, 15) is 0 Å². The summed E-state index contributed by atoms with van der Waals surface area (Å²) in [7, 11) is 0. The van der Waals surface area contributed by atoms with E-state index in [0.717, 1.165) is 30.4 Å². The van der Waals surface area contributed by atoms with E-state index in [-0.39, 0.29) is 0 Å². The van der Waals surface area contributed by atoms with Crippen molar-refractivity contribution in [2.75, 3.05) is 5.32 Å². The Bertz CT molecular complexity index is 730. The summed E-state index contributed by atoms with van der Waals surface area (Å²) in [5.41, 5.74) is 3.23. The molecule has 2 N–H and O–H groups in total. The first-order valence-corrected chi connectivity index (χ1v) is 9.35. The highest BCUT2D eigenvalue weighted by Crippen LogP contribution is 2.35. The van der Waals surface area contributed by atoms with Gasteiger partial charge in [-0.2, -0.15) is 5.10 Å². The van der Waals surface area contributed by atoms with Crippen molar-refractivity contribution in [2.45, 2.75) is 6.54 Å². The quantitative estimate of drug-likeness (QED) is 0.467. The lowest BCUT2D eigenvalue weighted by Gasteiger charge is -2.11. The van der Waals surface area contributed by atoms with Gasteiger partial charge in [0.05, 0.1) is 22.5 Å². The topological polar surface area (TPSA) is 40.7 Å². The largest absolute Gasteiger partial charge is 0.379 e. The van der Waals surface area contributed by atoms with E-state index in [1.807, 2.05) is 24.4 Å². The van der Waals surface area contributed by atoms with Crippen LogP contribution in [0.5, 0.6) is 0 Å². The number of rotatable bonds is 4. The Labute approximate surface area is 151 Å². The van der Waals surface area contributed by atoms with Gasteiger partial charge in [-0.25, -0.2) is 0 Å². The van der Waals surface area contributed by atoms with Gasteiger partial charge in [0.2, 0.25) is 0 Å². The minimum atomic E-state index is 0.697. The van der Waals surface area contributed by atoms with E-state index < -0.39 is 0 Å². The molecule has 3 rings (SSSR count). The number of anilines is 1. The molecule has 7 heteroatoms. The van der Waals surface area contributed by atoms with Gasteiger partial charge in [-0.15, -0.1) is 11.3 Å². The second-order valence-electron chi connectivity index (χ2n) is 4.35. The average molecular weight is 492 g/mol. The lowest BCUT2D eigenvalue weighted by atomic mass is 10.2. The second kappa shape index (κ2) is 6.64. The van der Waals surface area contributed by atoms with Crippen LogP contribution in [0, 0.1) is 0 Å². The zero-order chi connectivity index (χ0) is 14.8. The Morgan fingerprint density at radius 3 is 2.62 bits per heavy atom. The third-order valence-electron chi connectivity index (χ3n) is 2.95. The lowest BCUT2D eigenvalue weighted by molar-refractivity contribution is 1.10. The zero-order valence-corrected chi connectivity index (χ0v) is 16.2. The first kappa shape index (κ1) is 15.3. The Hall–Kier alpha value is -0.630. The maximum atomic E-state index is 4.16. The highest BCUT2D eigenvalue weighted by Gasteiger charge is 2.11. The molecule has 0 unspecified atom stereocenters. The van der Waals surface area contributed by atoms with Crippen LogP contribution in [-0.2, 0) is 6.54 Å². The fourth-order valence-corrected chi connectivity index (χ4v) is 5.27. The Morgan fingerprint density at radius 2 is 1.95 bits per heavy atom. The molecular weight excluding hydrogens is 482 g/mol. The maximum absolute atomic E-state index is 4.16. The molecule has 0 atom stereocenters. The summed E-state index contributed by atoms with van der Waals surface area (Å²) >= 11 is 12.3. The molecule has 3 aromatic rings. The SMILES string of the molecule is Brc1cc(Br)c(NCc2cn[nH]c2-c2cccs2)c(Br)c1. The molecule has 0 radical (unpaired) electrons. The molecule has 2 aromatic heterocycles. The number of hydrogen-bond acceptors (Lipinski definition) is 3. The fourth-order valence-electron chi connectivity index (χ4n) is 1.97. The molecule has 0 bridgehead atoms. The molecule has 2 heterocycles. The normalized spacial score (nSPS) is 10.8. The van der Waals surface area contributed by atoms with Crippen LogP contribution in [0.15, 0.2) is 49.3 Å². The molecule has 0 saturated carbocycles. The Balaban J connectivity index is 1.82. The second-order valence-corrected chi connectivity index (χ2v) is 7.92. The summed E-state index contributed by atoms with van der Waals surface area (Å²) in [5, 5.41) is 12.7. The van der Waals surface area contributed by atoms with Crippen molar-refractivity contribution in [1.29, 1.82) is 0 Å². The number of nitrogens with one attached hydrogen (secondary N) is 2.